The molecule has 0 spiro atoms. The highest BCUT2D eigenvalue weighted by molar-refractivity contribution is 5.95. The van der Waals surface area contributed by atoms with E-state index in [1.165, 1.54) is 18.9 Å². The molecule has 0 atom stereocenters. The van der Waals surface area contributed by atoms with E-state index in [1.807, 2.05) is 16.8 Å². The zero-order chi connectivity index (χ0) is 21.8. The van der Waals surface area contributed by atoms with E-state index in [0.717, 1.165) is 43.9 Å². The molecule has 1 aliphatic carbocycles. The third-order valence-corrected chi connectivity index (χ3v) is 6.34. The van der Waals surface area contributed by atoms with E-state index < -0.39 is 5.82 Å². The number of halogens is 2. The van der Waals surface area contributed by atoms with Crippen LogP contribution in [0.5, 0.6) is 0 Å². The average Bonchev–Trinajstić information content (AvgIpc) is 3.41. The number of nitrogens with zero attached hydrogens (tertiary/aromatic N) is 5. The summed E-state index contributed by atoms with van der Waals surface area (Å²) in [5.41, 5.74) is 2.49. The number of anilines is 3. The SMILES string of the molecule is Cn1cc2cc(Nc3nn(CC4CC4)c4cc(N5CCNCC5)cc(F)c34)cc(F)c2n1. The van der Waals surface area contributed by atoms with E-state index >= 15 is 4.39 Å². The molecule has 1 saturated carbocycles. The first kappa shape index (κ1) is 19.5. The predicted molar refractivity (Wildman–Crippen MR) is 121 cm³/mol. The maximum Gasteiger partial charge on any atom is 0.163 e. The van der Waals surface area contributed by atoms with Crippen LogP contribution in [0.3, 0.4) is 0 Å². The van der Waals surface area contributed by atoms with Gasteiger partial charge in [0.1, 0.15) is 11.3 Å². The van der Waals surface area contributed by atoms with Crippen molar-refractivity contribution in [3.05, 3.63) is 42.1 Å². The summed E-state index contributed by atoms with van der Waals surface area (Å²) in [6, 6.07) is 6.82. The van der Waals surface area contributed by atoms with Crippen molar-refractivity contribution >= 4 is 39.0 Å². The van der Waals surface area contributed by atoms with Crippen LogP contribution >= 0.6 is 0 Å². The van der Waals surface area contributed by atoms with Crippen LogP contribution in [0.2, 0.25) is 0 Å². The van der Waals surface area contributed by atoms with Gasteiger partial charge in [0.25, 0.3) is 0 Å². The van der Waals surface area contributed by atoms with Gasteiger partial charge in [0.15, 0.2) is 11.6 Å². The second-order valence-electron chi connectivity index (χ2n) is 8.86. The smallest absolute Gasteiger partial charge is 0.163 e. The van der Waals surface area contributed by atoms with Gasteiger partial charge in [-0.1, -0.05) is 0 Å². The number of aromatic nitrogens is 4. The molecular weight excluding hydrogens is 412 g/mol. The number of piperazine rings is 1. The minimum absolute atomic E-state index is 0.314. The van der Waals surface area contributed by atoms with E-state index in [-0.39, 0.29) is 5.82 Å². The number of nitrogens with one attached hydrogen (secondary N) is 2. The summed E-state index contributed by atoms with van der Waals surface area (Å²) in [6.07, 6.45) is 4.10. The molecule has 2 aromatic heterocycles. The topological polar surface area (TPSA) is 62.9 Å². The summed E-state index contributed by atoms with van der Waals surface area (Å²) >= 11 is 0. The molecule has 1 saturated heterocycles. The number of hydrogen-bond acceptors (Lipinski definition) is 5. The minimum Gasteiger partial charge on any atom is -0.369 e. The number of aryl methyl sites for hydroxylation is 1. The van der Waals surface area contributed by atoms with Gasteiger partial charge >= 0.3 is 0 Å². The lowest BCUT2D eigenvalue weighted by Gasteiger charge is -2.29. The van der Waals surface area contributed by atoms with Gasteiger partial charge in [-0.2, -0.15) is 10.2 Å². The lowest BCUT2D eigenvalue weighted by Crippen LogP contribution is -2.43. The van der Waals surface area contributed by atoms with E-state index in [0.29, 0.717) is 33.7 Å². The normalized spacial score (nSPS) is 16.9. The molecule has 166 valence electrons. The quantitative estimate of drug-likeness (QED) is 0.498. The Balaban J connectivity index is 1.43. The molecule has 2 aromatic carbocycles. The highest BCUT2D eigenvalue weighted by atomic mass is 19.1. The molecule has 3 heterocycles. The molecule has 6 rings (SSSR count). The standard InChI is InChI=1S/C23H25F2N7/c1-30-13-15-8-16(9-19(25)22(15)28-30)27-23-21-18(24)10-17(31-6-4-26-5-7-31)11-20(21)32(29-23)12-14-2-3-14/h8-11,13-14,26H,2-7,12H2,1H3,(H,27,29). The van der Waals surface area contributed by atoms with Crippen molar-refractivity contribution in [2.45, 2.75) is 19.4 Å². The fourth-order valence-electron chi connectivity index (χ4n) is 4.54. The Morgan fingerprint density at radius 3 is 2.66 bits per heavy atom. The average molecular weight is 437 g/mol. The van der Waals surface area contributed by atoms with Crippen LogP contribution in [0.4, 0.5) is 26.0 Å². The molecule has 0 amide bonds. The first-order chi connectivity index (χ1) is 15.5. The van der Waals surface area contributed by atoms with Crippen molar-refractivity contribution in [1.82, 2.24) is 24.9 Å². The van der Waals surface area contributed by atoms with E-state index in [4.69, 9.17) is 5.10 Å². The van der Waals surface area contributed by atoms with Gasteiger partial charge < -0.3 is 15.5 Å². The Labute approximate surface area is 184 Å². The van der Waals surface area contributed by atoms with Crippen molar-refractivity contribution in [2.24, 2.45) is 13.0 Å². The largest absolute Gasteiger partial charge is 0.369 e. The molecule has 2 fully saturated rings. The Kier molecular flexibility index (Phi) is 4.53. The monoisotopic (exact) mass is 437 g/mol. The van der Waals surface area contributed by atoms with Crippen LogP contribution in [-0.4, -0.2) is 45.7 Å². The minimum atomic E-state index is -0.422. The molecule has 0 unspecified atom stereocenters. The van der Waals surface area contributed by atoms with Crippen molar-refractivity contribution in [3.63, 3.8) is 0 Å². The molecule has 7 nitrogen and oxygen atoms in total. The summed E-state index contributed by atoms with van der Waals surface area (Å²) in [4.78, 5) is 2.20. The van der Waals surface area contributed by atoms with Crippen LogP contribution < -0.4 is 15.5 Å². The van der Waals surface area contributed by atoms with Crippen molar-refractivity contribution in [3.8, 4) is 0 Å². The molecule has 4 aromatic rings. The summed E-state index contributed by atoms with van der Waals surface area (Å²) in [7, 11) is 1.75. The molecule has 32 heavy (non-hydrogen) atoms. The fraction of sp³-hybridized carbons (Fsp3) is 0.391. The lowest BCUT2D eigenvalue weighted by atomic mass is 10.1. The molecule has 0 bridgehead atoms. The highest BCUT2D eigenvalue weighted by Crippen LogP contribution is 2.36. The summed E-state index contributed by atoms with van der Waals surface area (Å²) < 4.78 is 33.5. The Bertz CT molecular complexity index is 1320. The summed E-state index contributed by atoms with van der Waals surface area (Å²) in [6.45, 7) is 4.22. The van der Waals surface area contributed by atoms with Crippen LogP contribution in [-0.2, 0) is 13.6 Å². The Hall–Kier alpha value is -3.20. The van der Waals surface area contributed by atoms with Crippen molar-refractivity contribution in [1.29, 1.82) is 0 Å². The van der Waals surface area contributed by atoms with Gasteiger partial charge in [-0.25, -0.2) is 8.78 Å². The van der Waals surface area contributed by atoms with Crippen molar-refractivity contribution in [2.75, 3.05) is 36.4 Å². The molecule has 2 aliphatic rings. The first-order valence-corrected chi connectivity index (χ1v) is 11.1. The van der Waals surface area contributed by atoms with Crippen LogP contribution in [0.1, 0.15) is 12.8 Å². The number of fused-ring (bicyclic) bond motifs is 2. The Morgan fingerprint density at radius 2 is 1.88 bits per heavy atom. The first-order valence-electron chi connectivity index (χ1n) is 11.1. The number of hydrogen-bond donors (Lipinski definition) is 2. The Morgan fingerprint density at radius 1 is 1.06 bits per heavy atom. The summed E-state index contributed by atoms with van der Waals surface area (Å²) in [5, 5.41) is 16.5. The second-order valence-corrected chi connectivity index (χ2v) is 8.86. The molecule has 1 aliphatic heterocycles. The van der Waals surface area contributed by atoms with E-state index in [9.17, 15) is 4.39 Å². The van der Waals surface area contributed by atoms with Crippen molar-refractivity contribution < 1.29 is 8.78 Å². The molecule has 9 heteroatoms. The van der Waals surface area contributed by atoms with Gasteiger partial charge in [0.2, 0.25) is 0 Å². The van der Waals surface area contributed by atoms with Gasteiger partial charge in [0, 0.05) is 62.7 Å². The zero-order valence-electron chi connectivity index (χ0n) is 17.9. The number of benzene rings is 2. The third-order valence-electron chi connectivity index (χ3n) is 6.34. The van der Waals surface area contributed by atoms with Gasteiger partial charge in [-0.05, 0) is 43.0 Å². The summed E-state index contributed by atoms with van der Waals surface area (Å²) in [5.74, 6) is 0.256. The number of rotatable bonds is 5. The molecular formula is C23H25F2N7. The predicted octanol–water partition coefficient (Wildman–Crippen LogP) is 3.76. The third kappa shape index (κ3) is 3.46. The van der Waals surface area contributed by atoms with Crippen LogP contribution in [0, 0.1) is 17.6 Å². The van der Waals surface area contributed by atoms with Gasteiger partial charge in [-0.15, -0.1) is 0 Å². The van der Waals surface area contributed by atoms with E-state index in [1.54, 1.807) is 24.0 Å². The van der Waals surface area contributed by atoms with Gasteiger partial charge in [-0.3, -0.25) is 9.36 Å². The molecule has 2 N–H and O–H groups in total. The fourth-order valence-corrected chi connectivity index (χ4v) is 4.54. The lowest BCUT2D eigenvalue weighted by molar-refractivity contribution is 0.578. The maximum atomic E-state index is 15.4. The van der Waals surface area contributed by atoms with Crippen LogP contribution in [0.25, 0.3) is 21.8 Å². The van der Waals surface area contributed by atoms with E-state index in [2.05, 4.69) is 20.6 Å². The molecule has 0 radical (unpaired) electrons. The zero-order valence-corrected chi connectivity index (χ0v) is 17.9. The van der Waals surface area contributed by atoms with Crippen LogP contribution in [0.15, 0.2) is 30.5 Å². The second kappa shape index (κ2) is 7.44. The maximum absolute atomic E-state index is 15.4. The highest BCUT2D eigenvalue weighted by Gasteiger charge is 2.26. The van der Waals surface area contributed by atoms with Gasteiger partial charge in [0.05, 0.1) is 10.9 Å².